The molecule has 84 valence electrons. The summed E-state index contributed by atoms with van der Waals surface area (Å²) in [5.74, 6) is -1.07. The van der Waals surface area contributed by atoms with Crippen molar-refractivity contribution in [2.45, 2.75) is 13.3 Å². The third-order valence-corrected chi connectivity index (χ3v) is 2.82. The number of nitrogens with zero attached hydrogens (tertiary/aromatic N) is 2. The van der Waals surface area contributed by atoms with Crippen LogP contribution in [-0.2, 0) is 11.3 Å². The van der Waals surface area contributed by atoms with Gasteiger partial charge in [0.05, 0.1) is 17.7 Å². The van der Waals surface area contributed by atoms with Gasteiger partial charge in [0.25, 0.3) is 0 Å². The maximum atomic E-state index is 10.6. The fraction of sp³-hybridized carbons (Fsp3) is 0.429. The van der Waals surface area contributed by atoms with Crippen LogP contribution in [0.5, 0.6) is 0 Å². The zero-order valence-corrected chi connectivity index (χ0v) is 8.69. The molecular formula is C7H10N2O5S. The average Bonchev–Trinajstić information content (AvgIpc) is 2.47. The molecule has 1 aromatic heterocycles. The van der Waals surface area contributed by atoms with Crippen molar-refractivity contribution in [1.82, 2.24) is 10.4 Å². The Morgan fingerprint density at radius 2 is 2.27 bits per heavy atom. The monoisotopic (exact) mass is 234 g/mol. The molecule has 0 radical (unpaired) electrons. The Morgan fingerprint density at radius 1 is 1.60 bits per heavy atom. The molecule has 0 aliphatic heterocycles. The highest BCUT2D eigenvalue weighted by molar-refractivity contribution is 7.13. The van der Waals surface area contributed by atoms with Crippen LogP contribution in [0.15, 0.2) is 0 Å². The molecule has 8 heteroatoms. The van der Waals surface area contributed by atoms with Crippen LogP contribution in [-0.4, -0.2) is 38.5 Å². The fourth-order valence-corrected chi connectivity index (χ4v) is 1.85. The second-order valence-electron chi connectivity index (χ2n) is 2.67. The van der Waals surface area contributed by atoms with Gasteiger partial charge in [-0.1, -0.05) is 0 Å². The molecule has 0 bridgehead atoms. The predicted molar refractivity (Wildman–Crippen MR) is 48.9 cm³/mol. The molecule has 7 nitrogen and oxygen atoms in total. The van der Waals surface area contributed by atoms with Crippen molar-refractivity contribution < 1.29 is 25.2 Å². The lowest BCUT2D eigenvalue weighted by atomic mass is 10.3. The van der Waals surface area contributed by atoms with E-state index in [2.05, 4.69) is 9.82 Å². The molecule has 0 aliphatic carbocycles. The topological polar surface area (TPSA) is 103 Å². The first-order valence-corrected chi connectivity index (χ1v) is 4.82. The largest absolute Gasteiger partial charge is 0.476 e. The van der Waals surface area contributed by atoms with Gasteiger partial charge < -0.3 is 5.11 Å². The summed E-state index contributed by atoms with van der Waals surface area (Å²) >= 11 is 1.05. The Kier molecular flexibility index (Phi) is 4.12. The van der Waals surface area contributed by atoms with E-state index >= 15 is 0 Å². The molecule has 0 saturated carbocycles. The van der Waals surface area contributed by atoms with E-state index in [0.717, 1.165) is 16.2 Å². The van der Waals surface area contributed by atoms with Crippen molar-refractivity contribution in [2.75, 3.05) is 6.61 Å². The van der Waals surface area contributed by atoms with Gasteiger partial charge in [-0.3, -0.25) is 15.3 Å². The van der Waals surface area contributed by atoms with E-state index in [0.29, 0.717) is 12.1 Å². The summed E-state index contributed by atoms with van der Waals surface area (Å²) in [6, 6.07) is 0. The molecule has 0 fully saturated rings. The van der Waals surface area contributed by atoms with Crippen LogP contribution in [0.3, 0.4) is 0 Å². The SMILES string of the molecule is Cc1nc(C(=O)O)sc1CCON(O)O. The van der Waals surface area contributed by atoms with Crippen LogP contribution < -0.4 is 0 Å². The molecule has 0 atom stereocenters. The number of aryl methyl sites for hydroxylation is 1. The van der Waals surface area contributed by atoms with Gasteiger partial charge in [-0.2, -0.15) is 0 Å². The highest BCUT2D eigenvalue weighted by Crippen LogP contribution is 2.18. The third kappa shape index (κ3) is 3.53. The second kappa shape index (κ2) is 5.14. The summed E-state index contributed by atoms with van der Waals surface area (Å²) in [5, 5.41) is 24.8. The second-order valence-corrected chi connectivity index (χ2v) is 3.75. The average molecular weight is 234 g/mol. The summed E-state index contributed by atoms with van der Waals surface area (Å²) in [5.41, 5.74) is 0.614. The standard InChI is InChI=1S/C7H10N2O5S/c1-4-5(2-3-14-9(12)13)15-6(8-4)7(10)11/h12-13H,2-3H2,1H3,(H,10,11). The molecule has 0 aromatic carbocycles. The first-order chi connectivity index (χ1) is 7.00. The van der Waals surface area contributed by atoms with Gasteiger partial charge in [-0.15, -0.1) is 11.3 Å². The van der Waals surface area contributed by atoms with E-state index in [9.17, 15) is 4.79 Å². The number of aromatic nitrogens is 1. The lowest BCUT2D eigenvalue weighted by Gasteiger charge is -2.04. The Morgan fingerprint density at radius 3 is 2.73 bits per heavy atom. The smallest absolute Gasteiger partial charge is 0.365 e. The van der Waals surface area contributed by atoms with E-state index in [4.69, 9.17) is 15.5 Å². The van der Waals surface area contributed by atoms with Crippen LogP contribution in [0.25, 0.3) is 0 Å². The van der Waals surface area contributed by atoms with Gasteiger partial charge >= 0.3 is 5.97 Å². The van der Waals surface area contributed by atoms with Gasteiger partial charge in [0, 0.05) is 11.3 Å². The maximum Gasteiger partial charge on any atom is 0.365 e. The molecule has 15 heavy (non-hydrogen) atoms. The molecule has 0 amide bonds. The van der Waals surface area contributed by atoms with Crippen LogP contribution >= 0.6 is 11.3 Å². The van der Waals surface area contributed by atoms with Gasteiger partial charge in [0.1, 0.15) is 0 Å². The molecule has 0 aliphatic rings. The molecule has 0 unspecified atom stereocenters. The molecule has 0 spiro atoms. The van der Waals surface area contributed by atoms with Crippen molar-refractivity contribution in [3.05, 3.63) is 15.6 Å². The Balaban J connectivity index is 2.57. The van der Waals surface area contributed by atoms with Crippen molar-refractivity contribution in [3.63, 3.8) is 0 Å². The van der Waals surface area contributed by atoms with Gasteiger partial charge in [0.15, 0.2) is 0 Å². The first-order valence-electron chi connectivity index (χ1n) is 4.01. The van der Waals surface area contributed by atoms with E-state index in [1.165, 1.54) is 0 Å². The van der Waals surface area contributed by atoms with Gasteiger partial charge in [-0.25, -0.2) is 9.78 Å². The number of carboxylic acids is 1. The zero-order chi connectivity index (χ0) is 11.4. The minimum absolute atomic E-state index is 0.0207. The number of carbonyl (C=O) groups is 1. The minimum atomic E-state index is -1.07. The van der Waals surface area contributed by atoms with Crippen LogP contribution in [0.1, 0.15) is 20.4 Å². The summed E-state index contributed by atoms with van der Waals surface area (Å²) in [7, 11) is 0. The quantitative estimate of drug-likeness (QED) is 0.644. The molecule has 0 saturated heterocycles. The number of aromatic carboxylic acids is 1. The number of rotatable bonds is 5. The zero-order valence-electron chi connectivity index (χ0n) is 7.88. The lowest BCUT2D eigenvalue weighted by Crippen LogP contribution is -2.16. The van der Waals surface area contributed by atoms with Crippen molar-refractivity contribution >= 4 is 17.3 Å². The fourth-order valence-electron chi connectivity index (χ4n) is 0.971. The predicted octanol–water partition coefficient (Wildman–Crippen LogP) is 0.704. The maximum absolute atomic E-state index is 10.6. The van der Waals surface area contributed by atoms with Crippen LogP contribution in [0.4, 0.5) is 0 Å². The number of hydrogen-bond donors (Lipinski definition) is 3. The Bertz CT molecular complexity index is 351. The van der Waals surface area contributed by atoms with Crippen LogP contribution in [0, 0.1) is 6.92 Å². The Hall–Kier alpha value is -1.06. The van der Waals surface area contributed by atoms with Gasteiger partial charge in [-0.05, 0) is 6.92 Å². The summed E-state index contributed by atoms with van der Waals surface area (Å²) in [4.78, 5) is 19.5. The van der Waals surface area contributed by atoms with Crippen LogP contribution in [0.2, 0.25) is 0 Å². The van der Waals surface area contributed by atoms with E-state index < -0.39 is 5.97 Å². The lowest BCUT2D eigenvalue weighted by molar-refractivity contribution is -0.492. The molecule has 3 N–H and O–H groups in total. The van der Waals surface area contributed by atoms with Crippen molar-refractivity contribution in [1.29, 1.82) is 0 Å². The molecule has 1 heterocycles. The summed E-state index contributed by atoms with van der Waals surface area (Å²) in [6.07, 6.45) is 0.369. The molecule has 1 aromatic rings. The molecule has 1 rings (SSSR count). The first kappa shape index (κ1) is 12.0. The van der Waals surface area contributed by atoms with E-state index in [1.807, 2.05) is 0 Å². The highest BCUT2D eigenvalue weighted by atomic mass is 32.1. The molecular weight excluding hydrogens is 224 g/mol. The number of hydrogen-bond acceptors (Lipinski definition) is 7. The highest BCUT2D eigenvalue weighted by Gasteiger charge is 2.12. The minimum Gasteiger partial charge on any atom is -0.476 e. The van der Waals surface area contributed by atoms with E-state index in [1.54, 1.807) is 6.92 Å². The summed E-state index contributed by atoms with van der Waals surface area (Å²) in [6.45, 7) is 1.73. The number of carboxylic acid groups (broad SMARTS) is 1. The van der Waals surface area contributed by atoms with Crippen molar-refractivity contribution in [3.8, 4) is 0 Å². The van der Waals surface area contributed by atoms with E-state index in [-0.39, 0.29) is 17.0 Å². The normalized spacial score (nSPS) is 10.9. The van der Waals surface area contributed by atoms with Crippen molar-refractivity contribution in [2.24, 2.45) is 0 Å². The number of thiazole rings is 1. The third-order valence-electron chi connectivity index (χ3n) is 1.61. The van der Waals surface area contributed by atoms with Gasteiger partial charge in [0.2, 0.25) is 5.01 Å². The Labute approximate surface area is 89.0 Å². The summed E-state index contributed by atoms with van der Waals surface area (Å²) < 4.78 is 0.